The molecule has 0 bridgehead atoms. The number of aliphatic imine (C=N–C) groups is 1. The van der Waals surface area contributed by atoms with Gasteiger partial charge in [0.05, 0.1) is 5.70 Å². The molecule has 2 rings (SSSR count). The van der Waals surface area contributed by atoms with Crippen molar-refractivity contribution >= 4 is 6.21 Å². The van der Waals surface area contributed by atoms with Gasteiger partial charge in [-0.3, -0.25) is 4.99 Å². The van der Waals surface area contributed by atoms with Gasteiger partial charge < -0.3 is 0 Å². The van der Waals surface area contributed by atoms with E-state index in [9.17, 15) is 0 Å². The van der Waals surface area contributed by atoms with E-state index in [1.165, 1.54) is 11.1 Å². The molecule has 1 heteroatoms. The highest BCUT2D eigenvalue weighted by molar-refractivity contribution is 5.72. The largest absolute Gasteiger partial charge is 0.260 e. The fraction of sp³-hybridized carbons (Fsp3) is 0.500. The SMILES string of the molecule is CCC1=C/C=C2/C=CC(C)(C)C=N/C2=C/C(C)(C)C1. The van der Waals surface area contributed by atoms with Crippen LogP contribution in [-0.2, 0) is 0 Å². The summed E-state index contributed by atoms with van der Waals surface area (Å²) in [5.41, 5.74) is 4.04. The van der Waals surface area contributed by atoms with Crippen molar-refractivity contribution in [2.45, 2.75) is 47.5 Å². The molecular formula is C18H25N. The first-order valence-electron chi connectivity index (χ1n) is 7.19. The van der Waals surface area contributed by atoms with Gasteiger partial charge in [-0.1, -0.05) is 70.6 Å². The highest BCUT2D eigenvalue weighted by Crippen LogP contribution is 2.35. The van der Waals surface area contributed by atoms with E-state index >= 15 is 0 Å². The molecule has 102 valence electrons. The van der Waals surface area contributed by atoms with E-state index in [4.69, 9.17) is 4.99 Å². The Morgan fingerprint density at radius 2 is 1.89 bits per heavy atom. The average molecular weight is 255 g/mol. The third-order valence-corrected chi connectivity index (χ3v) is 3.69. The number of rotatable bonds is 1. The van der Waals surface area contributed by atoms with Gasteiger partial charge in [0.2, 0.25) is 0 Å². The van der Waals surface area contributed by atoms with E-state index in [0.717, 1.165) is 18.5 Å². The lowest BCUT2D eigenvalue weighted by molar-refractivity contribution is 0.466. The van der Waals surface area contributed by atoms with E-state index in [1.54, 1.807) is 0 Å². The van der Waals surface area contributed by atoms with Crippen LogP contribution < -0.4 is 0 Å². The van der Waals surface area contributed by atoms with E-state index in [2.05, 4.69) is 71.2 Å². The van der Waals surface area contributed by atoms with Gasteiger partial charge in [0.25, 0.3) is 0 Å². The maximum absolute atomic E-state index is 4.72. The average Bonchev–Trinajstić information content (AvgIpc) is 2.43. The van der Waals surface area contributed by atoms with Gasteiger partial charge in [0.15, 0.2) is 0 Å². The molecule has 0 aromatic heterocycles. The molecule has 0 atom stereocenters. The number of fused-ring (bicyclic) bond motifs is 1. The predicted octanol–water partition coefficient (Wildman–Crippen LogP) is 5.23. The number of allylic oxidation sites excluding steroid dienone is 6. The van der Waals surface area contributed by atoms with E-state index in [1.807, 2.05) is 0 Å². The molecule has 0 saturated heterocycles. The van der Waals surface area contributed by atoms with Crippen molar-refractivity contribution in [1.82, 2.24) is 0 Å². The first-order chi connectivity index (χ1) is 8.81. The van der Waals surface area contributed by atoms with E-state index in [-0.39, 0.29) is 10.8 Å². The topological polar surface area (TPSA) is 12.4 Å². The second-order valence-corrected chi connectivity index (χ2v) is 6.91. The molecule has 0 radical (unpaired) electrons. The second kappa shape index (κ2) is 4.96. The molecule has 0 aromatic rings. The molecular weight excluding hydrogens is 230 g/mol. The lowest BCUT2D eigenvalue weighted by atomic mass is 9.81. The summed E-state index contributed by atoms with van der Waals surface area (Å²) >= 11 is 0. The van der Waals surface area contributed by atoms with Crippen LogP contribution >= 0.6 is 0 Å². The number of hydrogen-bond donors (Lipinski definition) is 0. The van der Waals surface area contributed by atoms with Gasteiger partial charge in [0, 0.05) is 11.6 Å². The lowest BCUT2D eigenvalue weighted by Crippen LogP contribution is -2.11. The van der Waals surface area contributed by atoms with E-state index < -0.39 is 0 Å². The highest BCUT2D eigenvalue weighted by atomic mass is 14.8. The third kappa shape index (κ3) is 3.56. The van der Waals surface area contributed by atoms with Gasteiger partial charge in [-0.15, -0.1) is 0 Å². The highest BCUT2D eigenvalue weighted by Gasteiger charge is 2.22. The smallest absolute Gasteiger partial charge is 0.0663 e. The van der Waals surface area contributed by atoms with Crippen LogP contribution in [0.25, 0.3) is 0 Å². The quantitative estimate of drug-likeness (QED) is 0.608. The normalized spacial score (nSPS) is 29.8. The molecule has 0 spiro atoms. The van der Waals surface area contributed by atoms with Gasteiger partial charge >= 0.3 is 0 Å². The Balaban J connectivity index is 2.53. The van der Waals surface area contributed by atoms with Crippen LogP contribution in [0, 0.1) is 10.8 Å². The van der Waals surface area contributed by atoms with Gasteiger partial charge in [-0.2, -0.15) is 0 Å². The molecule has 0 saturated carbocycles. The van der Waals surface area contributed by atoms with Crippen LogP contribution in [0.1, 0.15) is 47.5 Å². The Labute approximate surface area is 117 Å². The summed E-state index contributed by atoms with van der Waals surface area (Å²) in [5, 5.41) is 0. The van der Waals surface area contributed by atoms with E-state index in [0.29, 0.717) is 0 Å². The van der Waals surface area contributed by atoms with Crippen molar-refractivity contribution in [2.75, 3.05) is 0 Å². The summed E-state index contributed by atoms with van der Waals surface area (Å²) in [4.78, 5) is 4.72. The minimum atomic E-state index is 0.0319. The molecule has 0 unspecified atom stereocenters. The molecule has 0 fully saturated rings. The third-order valence-electron chi connectivity index (χ3n) is 3.69. The maximum atomic E-state index is 4.72. The van der Waals surface area contributed by atoms with Crippen molar-refractivity contribution in [3.05, 3.63) is 47.2 Å². The molecule has 1 heterocycles. The molecule has 0 N–H and O–H groups in total. The molecule has 1 nitrogen and oxygen atoms in total. The lowest BCUT2D eigenvalue weighted by Gasteiger charge is -2.24. The summed E-state index contributed by atoms with van der Waals surface area (Å²) in [6.45, 7) is 11.2. The summed E-state index contributed by atoms with van der Waals surface area (Å²) in [6.07, 6.45) is 15.6. The van der Waals surface area contributed by atoms with Crippen molar-refractivity contribution < 1.29 is 0 Å². The fourth-order valence-corrected chi connectivity index (χ4v) is 2.52. The molecule has 1 aliphatic carbocycles. The standard InChI is InChI=1S/C18H25N/c1-6-14-7-8-15-9-10-17(2,3)13-19-16(15)12-18(4,5)11-14/h7-10,12-13H,6,11H2,1-5H3/b14-7?,15-8-,16-12+. The van der Waals surface area contributed by atoms with Gasteiger partial charge in [-0.25, -0.2) is 0 Å². The Hall–Kier alpha value is -1.37. The Morgan fingerprint density at radius 1 is 1.16 bits per heavy atom. The van der Waals surface area contributed by atoms with Crippen molar-refractivity contribution in [1.29, 1.82) is 0 Å². The zero-order valence-corrected chi connectivity index (χ0v) is 12.8. The van der Waals surface area contributed by atoms with Gasteiger partial charge in [-0.05, 0) is 23.8 Å². The molecule has 1 aliphatic heterocycles. The maximum Gasteiger partial charge on any atom is 0.0663 e. The van der Waals surface area contributed by atoms with Gasteiger partial charge in [0.1, 0.15) is 0 Å². The summed E-state index contributed by atoms with van der Waals surface area (Å²) in [7, 11) is 0. The van der Waals surface area contributed by atoms with Crippen molar-refractivity contribution in [2.24, 2.45) is 15.8 Å². The minimum absolute atomic E-state index is 0.0319. The van der Waals surface area contributed by atoms with Crippen LogP contribution in [0.15, 0.2) is 52.2 Å². The zero-order valence-electron chi connectivity index (χ0n) is 12.8. The van der Waals surface area contributed by atoms with Crippen LogP contribution in [-0.4, -0.2) is 6.21 Å². The first kappa shape index (κ1) is 14.0. The second-order valence-electron chi connectivity index (χ2n) is 6.91. The van der Waals surface area contributed by atoms with Crippen molar-refractivity contribution in [3.8, 4) is 0 Å². The molecule has 2 aliphatic rings. The Bertz CT molecular complexity index is 508. The molecule has 19 heavy (non-hydrogen) atoms. The molecule has 0 aromatic carbocycles. The summed E-state index contributed by atoms with van der Waals surface area (Å²) in [6, 6.07) is 0. The number of nitrogens with zero attached hydrogens (tertiary/aromatic N) is 1. The van der Waals surface area contributed by atoms with Crippen LogP contribution in [0.3, 0.4) is 0 Å². The van der Waals surface area contributed by atoms with Crippen LogP contribution in [0.4, 0.5) is 0 Å². The van der Waals surface area contributed by atoms with Crippen LogP contribution in [0.2, 0.25) is 0 Å². The Morgan fingerprint density at radius 3 is 2.58 bits per heavy atom. The van der Waals surface area contributed by atoms with Crippen molar-refractivity contribution in [3.63, 3.8) is 0 Å². The molecule has 0 amide bonds. The first-order valence-corrected chi connectivity index (χ1v) is 7.19. The minimum Gasteiger partial charge on any atom is -0.260 e. The van der Waals surface area contributed by atoms with Crippen LogP contribution in [0.5, 0.6) is 0 Å². The monoisotopic (exact) mass is 255 g/mol. The summed E-state index contributed by atoms with van der Waals surface area (Å²) < 4.78 is 0. The zero-order chi connectivity index (χ0) is 14.1. The Kier molecular flexibility index (Phi) is 3.66. The predicted molar refractivity (Wildman–Crippen MR) is 84.4 cm³/mol. The fourth-order valence-electron chi connectivity index (χ4n) is 2.52. The number of hydrogen-bond acceptors (Lipinski definition) is 1. The summed E-state index contributed by atoms with van der Waals surface area (Å²) in [5.74, 6) is 0.